The third-order valence-corrected chi connectivity index (χ3v) is 5.02. The van der Waals surface area contributed by atoms with Gasteiger partial charge in [0.05, 0.1) is 18.8 Å². The molecule has 0 N–H and O–H groups in total. The number of para-hydroxylation sites is 2. The van der Waals surface area contributed by atoms with Crippen LogP contribution in [0.3, 0.4) is 0 Å². The number of carbonyl (C=O) groups is 1. The second kappa shape index (κ2) is 6.79. The van der Waals surface area contributed by atoms with E-state index in [4.69, 9.17) is 4.74 Å². The van der Waals surface area contributed by atoms with Gasteiger partial charge in [-0.2, -0.15) is 0 Å². The summed E-state index contributed by atoms with van der Waals surface area (Å²) in [7, 11) is 1.72. The first kappa shape index (κ1) is 16.1. The van der Waals surface area contributed by atoms with Crippen molar-refractivity contribution in [3.8, 4) is 5.75 Å². The number of ether oxygens (including phenoxy) is 1. The van der Waals surface area contributed by atoms with Crippen LogP contribution in [-0.4, -0.2) is 67.6 Å². The highest BCUT2D eigenvalue weighted by molar-refractivity contribution is 5.84. The first-order valence-corrected chi connectivity index (χ1v) is 8.54. The molecule has 2 fully saturated rings. The lowest BCUT2D eigenvalue weighted by Crippen LogP contribution is -2.53. The standard InChI is InChI=1S/C18H27N3O2/c1-14(2)21-9-8-16(18(21)22)20-12-10-19(11-13-20)15-6-4-5-7-17(15)23-3/h4-7,14,16H,8-13H2,1-3H3. The van der Waals surface area contributed by atoms with Crippen molar-refractivity contribution in [3.63, 3.8) is 0 Å². The molecule has 2 aliphatic rings. The third-order valence-electron chi connectivity index (χ3n) is 5.02. The van der Waals surface area contributed by atoms with Gasteiger partial charge in [0.1, 0.15) is 5.75 Å². The minimum Gasteiger partial charge on any atom is -0.495 e. The number of hydrogen-bond donors (Lipinski definition) is 0. The maximum absolute atomic E-state index is 12.5. The Kier molecular flexibility index (Phi) is 4.76. The number of rotatable bonds is 4. The second-order valence-electron chi connectivity index (χ2n) is 6.62. The normalized spacial score (nSPS) is 23.0. The lowest BCUT2D eigenvalue weighted by Gasteiger charge is -2.38. The van der Waals surface area contributed by atoms with Crippen molar-refractivity contribution >= 4 is 11.6 Å². The molecule has 1 atom stereocenters. The third kappa shape index (κ3) is 3.15. The minimum atomic E-state index is 0.0808. The molecular weight excluding hydrogens is 290 g/mol. The van der Waals surface area contributed by atoms with Crippen molar-refractivity contribution in [2.75, 3.05) is 44.7 Å². The van der Waals surface area contributed by atoms with Crippen LogP contribution in [0.5, 0.6) is 5.75 Å². The molecule has 1 amide bonds. The quantitative estimate of drug-likeness (QED) is 0.849. The monoisotopic (exact) mass is 317 g/mol. The van der Waals surface area contributed by atoms with Gasteiger partial charge in [0.25, 0.3) is 0 Å². The van der Waals surface area contributed by atoms with Crippen molar-refractivity contribution in [2.45, 2.75) is 32.4 Å². The number of hydrogen-bond acceptors (Lipinski definition) is 4. The summed E-state index contributed by atoms with van der Waals surface area (Å²) in [6, 6.07) is 8.54. The van der Waals surface area contributed by atoms with Gasteiger partial charge < -0.3 is 14.5 Å². The molecule has 0 aliphatic carbocycles. The van der Waals surface area contributed by atoms with Crippen LogP contribution in [0.15, 0.2) is 24.3 Å². The van der Waals surface area contributed by atoms with Crippen molar-refractivity contribution in [1.29, 1.82) is 0 Å². The number of carbonyl (C=O) groups excluding carboxylic acids is 1. The number of nitrogens with zero attached hydrogens (tertiary/aromatic N) is 3. The first-order valence-electron chi connectivity index (χ1n) is 8.54. The molecule has 126 valence electrons. The highest BCUT2D eigenvalue weighted by atomic mass is 16.5. The number of likely N-dealkylation sites (tertiary alicyclic amines) is 1. The smallest absolute Gasteiger partial charge is 0.240 e. The Morgan fingerprint density at radius 2 is 1.78 bits per heavy atom. The van der Waals surface area contributed by atoms with Crippen LogP contribution in [0.1, 0.15) is 20.3 Å². The maximum atomic E-state index is 12.5. The Morgan fingerprint density at radius 1 is 1.09 bits per heavy atom. The average molecular weight is 317 g/mol. The fraction of sp³-hybridized carbons (Fsp3) is 0.611. The Balaban J connectivity index is 1.62. The van der Waals surface area contributed by atoms with Crippen molar-refractivity contribution < 1.29 is 9.53 Å². The van der Waals surface area contributed by atoms with E-state index in [0.29, 0.717) is 11.9 Å². The molecule has 23 heavy (non-hydrogen) atoms. The molecule has 1 aromatic rings. The zero-order chi connectivity index (χ0) is 16.4. The summed E-state index contributed by atoms with van der Waals surface area (Å²) in [4.78, 5) is 19.3. The van der Waals surface area contributed by atoms with Gasteiger partial charge in [-0.15, -0.1) is 0 Å². The molecule has 0 aromatic heterocycles. The van der Waals surface area contributed by atoms with Gasteiger partial charge in [-0.1, -0.05) is 12.1 Å². The summed E-state index contributed by atoms with van der Waals surface area (Å²) < 4.78 is 5.47. The van der Waals surface area contributed by atoms with Crippen LogP contribution in [0.2, 0.25) is 0 Å². The van der Waals surface area contributed by atoms with Gasteiger partial charge in [0, 0.05) is 38.8 Å². The molecule has 2 aliphatic heterocycles. The molecule has 3 rings (SSSR count). The molecule has 2 heterocycles. The van der Waals surface area contributed by atoms with Crippen molar-refractivity contribution in [3.05, 3.63) is 24.3 Å². The molecule has 1 aromatic carbocycles. The summed E-state index contributed by atoms with van der Waals surface area (Å²) >= 11 is 0. The molecule has 2 saturated heterocycles. The van der Waals surface area contributed by atoms with Gasteiger partial charge in [-0.25, -0.2) is 0 Å². The molecule has 1 unspecified atom stereocenters. The molecule has 5 nitrogen and oxygen atoms in total. The summed E-state index contributed by atoms with van der Waals surface area (Å²) in [6.45, 7) is 8.83. The van der Waals surface area contributed by atoms with E-state index in [-0.39, 0.29) is 6.04 Å². The Bertz CT molecular complexity index is 553. The lowest BCUT2D eigenvalue weighted by atomic mass is 10.1. The van der Waals surface area contributed by atoms with Crippen LogP contribution in [0.25, 0.3) is 0 Å². The first-order chi connectivity index (χ1) is 11.1. The summed E-state index contributed by atoms with van der Waals surface area (Å²) in [5, 5.41) is 0. The fourth-order valence-electron chi connectivity index (χ4n) is 3.70. The van der Waals surface area contributed by atoms with E-state index in [9.17, 15) is 4.79 Å². The van der Waals surface area contributed by atoms with Crippen molar-refractivity contribution in [2.24, 2.45) is 0 Å². The highest BCUT2D eigenvalue weighted by Gasteiger charge is 2.38. The minimum absolute atomic E-state index is 0.0808. The van der Waals surface area contributed by atoms with E-state index in [1.807, 2.05) is 23.1 Å². The molecule has 0 spiro atoms. The zero-order valence-electron chi connectivity index (χ0n) is 14.4. The lowest BCUT2D eigenvalue weighted by molar-refractivity contribution is -0.133. The van der Waals surface area contributed by atoms with E-state index >= 15 is 0 Å². The van der Waals surface area contributed by atoms with Crippen LogP contribution in [-0.2, 0) is 4.79 Å². The summed E-state index contributed by atoms with van der Waals surface area (Å²) in [6.07, 6.45) is 0.964. The van der Waals surface area contributed by atoms with E-state index < -0.39 is 0 Å². The van der Waals surface area contributed by atoms with Gasteiger partial charge in [0.15, 0.2) is 0 Å². The van der Waals surface area contributed by atoms with Gasteiger partial charge in [-0.3, -0.25) is 9.69 Å². The van der Waals surface area contributed by atoms with E-state index in [1.165, 1.54) is 0 Å². The topological polar surface area (TPSA) is 36.0 Å². The fourth-order valence-corrected chi connectivity index (χ4v) is 3.70. The van der Waals surface area contributed by atoms with E-state index in [0.717, 1.165) is 50.6 Å². The average Bonchev–Trinajstić information content (AvgIpc) is 2.97. The molecule has 0 saturated carbocycles. The SMILES string of the molecule is COc1ccccc1N1CCN(C2CCN(C(C)C)C2=O)CC1. The van der Waals surface area contributed by atoms with Gasteiger partial charge >= 0.3 is 0 Å². The highest BCUT2D eigenvalue weighted by Crippen LogP contribution is 2.29. The summed E-state index contributed by atoms with van der Waals surface area (Å²) in [5.74, 6) is 1.23. The van der Waals surface area contributed by atoms with Crippen molar-refractivity contribution in [1.82, 2.24) is 9.80 Å². The van der Waals surface area contributed by atoms with Gasteiger partial charge in [0.2, 0.25) is 5.91 Å². The second-order valence-corrected chi connectivity index (χ2v) is 6.62. The number of piperazine rings is 1. The maximum Gasteiger partial charge on any atom is 0.240 e. The largest absolute Gasteiger partial charge is 0.495 e. The number of amides is 1. The predicted octanol–water partition coefficient (Wildman–Crippen LogP) is 1.83. The molecular formula is C18H27N3O2. The molecule has 0 radical (unpaired) electrons. The van der Waals surface area contributed by atoms with Crippen LogP contribution in [0.4, 0.5) is 5.69 Å². The number of methoxy groups -OCH3 is 1. The Labute approximate surface area is 138 Å². The summed E-state index contributed by atoms with van der Waals surface area (Å²) in [5.41, 5.74) is 1.15. The predicted molar refractivity (Wildman–Crippen MR) is 92.0 cm³/mol. The van der Waals surface area contributed by atoms with Crippen LogP contribution >= 0.6 is 0 Å². The number of anilines is 1. The molecule has 5 heteroatoms. The zero-order valence-corrected chi connectivity index (χ0v) is 14.4. The van der Waals surface area contributed by atoms with Gasteiger partial charge in [-0.05, 0) is 32.4 Å². The van der Waals surface area contributed by atoms with E-state index in [1.54, 1.807) is 7.11 Å². The number of benzene rings is 1. The van der Waals surface area contributed by atoms with Crippen LogP contribution in [0, 0.1) is 0 Å². The molecule has 0 bridgehead atoms. The Morgan fingerprint density at radius 3 is 2.39 bits per heavy atom. The van der Waals surface area contributed by atoms with E-state index in [2.05, 4.69) is 29.7 Å². The Hall–Kier alpha value is -1.75. The van der Waals surface area contributed by atoms with Crippen LogP contribution < -0.4 is 9.64 Å².